The summed E-state index contributed by atoms with van der Waals surface area (Å²) in [5, 5.41) is 27.0. The molecule has 1 fully saturated rings. The summed E-state index contributed by atoms with van der Waals surface area (Å²) in [6, 6.07) is 10.7. The minimum absolute atomic E-state index is 0. The molecule has 0 aliphatic heterocycles. The first-order valence-electron chi connectivity index (χ1n) is 10.2. The molecule has 0 spiro atoms. The van der Waals surface area contributed by atoms with E-state index in [-0.39, 0.29) is 24.0 Å². The molecular weight excluding hydrogens is 511 g/mol. The molecule has 1 aliphatic rings. The molecule has 0 saturated heterocycles. The third-order valence-corrected chi connectivity index (χ3v) is 6.71. The van der Waals surface area contributed by atoms with Crippen molar-refractivity contribution >= 4 is 51.4 Å². The van der Waals surface area contributed by atoms with Crippen LogP contribution in [0.3, 0.4) is 0 Å². The monoisotopic (exact) mass is 540 g/mol. The third-order valence-electron chi connectivity index (χ3n) is 5.49. The number of guanidine groups is 1. The molecule has 1 unspecified atom stereocenters. The van der Waals surface area contributed by atoms with Gasteiger partial charge in [0, 0.05) is 29.2 Å². The molecule has 30 heavy (non-hydrogen) atoms. The van der Waals surface area contributed by atoms with Crippen LogP contribution in [0, 0.1) is 6.92 Å². The van der Waals surface area contributed by atoms with E-state index in [1.807, 2.05) is 30.7 Å². The molecule has 4 rings (SSSR count). The summed E-state index contributed by atoms with van der Waals surface area (Å²) in [6.07, 6.45) is 4.22. The molecule has 3 N–H and O–H groups in total. The highest BCUT2D eigenvalue weighted by Crippen LogP contribution is 2.29. The molecular formula is C21H29IN6OS. The third kappa shape index (κ3) is 5.50. The van der Waals surface area contributed by atoms with Gasteiger partial charge in [-0.05, 0) is 37.3 Å². The van der Waals surface area contributed by atoms with E-state index in [0.717, 1.165) is 35.3 Å². The van der Waals surface area contributed by atoms with E-state index in [2.05, 4.69) is 39.0 Å². The fourth-order valence-corrected chi connectivity index (χ4v) is 4.67. The summed E-state index contributed by atoms with van der Waals surface area (Å²) in [5.41, 5.74) is 0. The van der Waals surface area contributed by atoms with Crippen LogP contribution >= 0.6 is 35.3 Å². The van der Waals surface area contributed by atoms with Gasteiger partial charge in [0.2, 0.25) is 0 Å². The number of thiophene rings is 1. The lowest BCUT2D eigenvalue weighted by Crippen LogP contribution is -2.43. The second-order valence-electron chi connectivity index (χ2n) is 7.60. The Balaban J connectivity index is 0.00000256. The summed E-state index contributed by atoms with van der Waals surface area (Å²) in [4.78, 5) is 5.66. The Kier molecular flexibility index (Phi) is 8.06. The molecule has 1 saturated carbocycles. The Morgan fingerprint density at radius 2 is 2.07 bits per heavy atom. The number of aromatic nitrogens is 3. The molecule has 0 bridgehead atoms. The van der Waals surface area contributed by atoms with Gasteiger partial charge >= 0.3 is 0 Å². The minimum atomic E-state index is -0.583. The molecule has 162 valence electrons. The smallest absolute Gasteiger partial charge is 0.192 e. The van der Waals surface area contributed by atoms with Gasteiger partial charge in [-0.2, -0.15) is 0 Å². The number of rotatable bonds is 6. The number of aryl methyl sites for hydroxylation is 1. The molecule has 1 aliphatic carbocycles. The van der Waals surface area contributed by atoms with Gasteiger partial charge in [-0.3, -0.25) is 0 Å². The van der Waals surface area contributed by atoms with Crippen LogP contribution in [0.15, 0.2) is 35.3 Å². The first-order valence-corrected chi connectivity index (χ1v) is 11.0. The molecule has 2 aromatic heterocycles. The number of nitrogens with one attached hydrogen (secondary N) is 2. The van der Waals surface area contributed by atoms with E-state index < -0.39 is 6.10 Å². The number of nitrogens with zero attached hydrogens (tertiary/aromatic N) is 4. The average molecular weight is 540 g/mol. The van der Waals surface area contributed by atoms with Gasteiger partial charge in [0.15, 0.2) is 11.8 Å². The minimum Gasteiger partial charge on any atom is -0.386 e. The van der Waals surface area contributed by atoms with Crippen LogP contribution in [0.25, 0.3) is 10.1 Å². The number of aliphatic imine (C=N–C) groups is 1. The van der Waals surface area contributed by atoms with E-state index in [1.165, 1.54) is 22.9 Å². The average Bonchev–Trinajstić information content (AvgIpc) is 3.46. The fraction of sp³-hybridized carbons (Fsp3) is 0.476. The van der Waals surface area contributed by atoms with Gasteiger partial charge in [0.1, 0.15) is 18.5 Å². The first-order chi connectivity index (χ1) is 14.1. The topological polar surface area (TPSA) is 87.4 Å². The fourth-order valence-electron chi connectivity index (χ4n) is 3.62. The molecule has 2 heterocycles. The zero-order valence-corrected chi connectivity index (χ0v) is 20.5. The van der Waals surface area contributed by atoms with Crippen LogP contribution in [-0.2, 0) is 13.6 Å². The zero-order chi connectivity index (χ0) is 20.2. The molecule has 1 atom stereocenters. The molecule has 1 aromatic carbocycles. The van der Waals surface area contributed by atoms with E-state index in [1.54, 1.807) is 11.3 Å². The van der Waals surface area contributed by atoms with Crippen molar-refractivity contribution in [3.05, 3.63) is 46.9 Å². The maximum atomic E-state index is 10.7. The van der Waals surface area contributed by atoms with Crippen molar-refractivity contribution in [2.45, 2.75) is 51.3 Å². The summed E-state index contributed by atoms with van der Waals surface area (Å²) >= 11 is 1.63. The Morgan fingerprint density at radius 3 is 2.77 bits per heavy atom. The number of fused-ring (bicyclic) bond motifs is 1. The molecule has 9 heteroatoms. The highest BCUT2D eigenvalue weighted by atomic mass is 127. The van der Waals surface area contributed by atoms with Crippen molar-refractivity contribution in [3.8, 4) is 0 Å². The van der Waals surface area contributed by atoms with E-state index in [9.17, 15) is 5.11 Å². The number of aliphatic hydroxyl groups excluding tert-OH is 1. The largest absolute Gasteiger partial charge is 0.386 e. The first kappa shape index (κ1) is 23.0. The van der Waals surface area contributed by atoms with Crippen molar-refractivity contribution in [1.82, 2.24) is 25.4 Å². The predicted octanol–water partition coefficient (Wildman–Crippen LogP) is 3.67. The van der Waals surface area contributed by atoms with Crippen LogP contribution in [-0.4, -0.2) is 38.4 Å². The second kappa shape index (κ2) is 10.5. The van der Waals surface area contributed by atoms with Gasteiger partial charge in [-0.1, -0.05) is 31.0 Å². The SMILES string of the molecule is Cc1nnc(CN=C(NCC(O)c2cc3ccccc3s2)NC2CCCC2)n1C.I. The van der Waals surface area contributed by atoms with Crippen molar-refractivity contribution in [2.75, 3.05) is 6.54 Å². The summed E-state index contributed by atoms with van der Waals surface area (Å²) in [6.45, 7) is 2.78. The number of benzene rings is 1. The van der Waals surface area contributed by atoms with Gasteiger partial charge in [0.05, 0.1) is 0 Å². The van der Waals surface area contributed by atoms with Crippen LogP contribution in [0.5, 0.6) is 0 Å². The number of hydrogen-bond donors (Lipinski definition) is 3. The molecule has 3 aromatic rings. The van der Waals surface area contributed by atoms with Crippen LogP contribution in [0.4, 0.5) is 0 Å². The quantitative estimate of drug-likeness (QED) is 0.253. The van der Waals surface area contributed by atoms with Crippen molar-refractivity contribution in [3.63, 3.8) is 0 Å². The van der Waals surface area contributed by atoms with Gasteiger partial charge in [0.25, 0.3) is 0 Å². The Labute approximate surface area is 198 Å². The predicted molar refractivity (Wildman–Crippen MR) is 132 cm³/mol. The van der Waals surface area contributed by atoms with Crippen LogP contribution in [0.2, 0.25) is 0 Å². The van der Waals surface area contributed by atoms with E-state index in [4.69, 9.17) is 4.99 Å². The maximum Gasteiger partial charge on any atom is 0.192 e. The van der Waals surface area contributed by atoms with Crippen LogP contribution < -0.4 is 10.6 Å². The zero-order valence-electron chi connectivity index (χ0n) is 17.3. The van der Waals surface area contributed by atoms with Crippen molar-refractivity contribution in [2.24, 2.45) is 12.0 Å². The number of hydrogen-bond acceptors (Lipinski definition) is 5. The Morgan fingerprint density at radius 1 is 1.30 bits per heavy atom. The molecule has 0 radical (unpaired) electrons. The lowest BCUT2D eigenvalue weighted by atomic mass is 10.2. The Bertz CT molecular complexity index is 961. The standard InChI is InChI=1S/C21H28N6OS.HI/c1-14-25-26-20(27(14)2)13-23-21(24-16-8-4-5-9-16)22-12-17(28)19-11-15-7-3-6-10-18(15)29-19;/h3,6-7,10-11,16-17,28H,4-5,8-9,12-13H2,1-2H3,(H2,22,23,24);1H. The van der Waals surface area contributed by atoms with Crippen molar-refractivity contribution in [1.29, 1.82) is 0 Å². The lowest BCUT2D eigenvalue weighted by Gasteiger charge is -2.19. The Hall–Kier alpha value is -1.72. The van der Waals surface area contributed by atoms with E-state index in [0.29, 0.717) is 19.1 Å². The summed E-state index contributed by atoms with van der Waals surface area (Å²) < 4.78 is 3.14. The summed E-state index contributed by atoms with van der Waals surface area (Å²) in [7, 11) is 1.95. The molecule has 7 nitrogen and oxygen atoms in total. The molecule has 0 amide bonds. The van der Waals surface area contributed by atoms with Crippen LogP contribution in [0.1, 0.15) is 48.3 Å². The van der Waals surface area contributed by atoms with Gasteiger partial charge < -0.3 is 20.3 Å². The maximum absolute atomic E-state index is 10.7. The second-order valence-corrected chi connectivity index (χ2v) is 8.71. The highest BCUT2D eigenvalue weighted by molar-refractivity contribution is 14.0. The van der Waals surface area contributed by atoms with Gasteiger partial charge in [-0.15, -0.1) is 45.5 Å². The number of aliphatic hydroxyl groups is 1. The highest BCUT2D eigenvalue weighted by Gasteiger charge is 2.18. The number of halogens is 1. The van der Waals surface area contributed by atoms with Crippen molar-refractivity contribution < 1.29 is 5.11 Å². The lowest BCUT2D eigenvalue weighted by molar-refractivity contribution is 0.184. The van der Waals surface area contributed by atoms with Gasteiger partial charge in [-0.25, -0.2) is 4.99 Å². The normalized spacial score (nSPS) is 15.9. The summed E-state index contributed by atoms with van der Waals surface area (Å²) in [5.74, 6) is 2.41. The van der Waals surface area contributed by atoms with E-state index >= 15 is 0 Å².